The summed E-state index contributed by atoms with van der Waals surface area (Å²) in [6, 6.07) is 3.05. The maximum atomic E-state index is 12.2. The Labute approximate surface area is 146 Å². The van der Waals surface area contributed by atoms with E-state index in [0.29, 0.717) is 23.5 Å². The van der Waals surface area contributed by atoms with E-state index >= 15 is 0 Å². The van der Waals surface area contributed by atoms with Gasteiger partial charge in [-0.3, -0.25) is 4.79 Å². The van der Waals surface area contributed by atoms with E-state index in [9.17, 15) is 13.6 Å². The zero-order valence-electron chi connectivity index (χ0n) is 13.9. The molecular formula is C15H16F2N6O3. The Bertz CT molecular complexity index is 910. The quantitative estimate of drug-likeness (QED) is 0.618. The molecule has 0 radical (unpaired) electrons. The molecule has 9 nitrogen and oxygen atoms in total. The third kappa shape index (κ3) is 3.87. The van der Waals surface area contributed by atoms with Gasteiger partial charge in [-0.05, 0) is 6.07 Å². The Morgan fingerprint density at radius 1 is 1.42 bits per heavy atom. The Morgan fingerprint density at radius 3 is 2.96 bits per heavy atom. The van der Waals surface area contributed by atoms with E-state index in [0.717, 1.165) is 0 Å². The minimum Gasteiger partial charge on any atom is -0.469 e. The lowest BCUT2D eigenvalue weighted by atomic mass is 10.2. The van der Waals surface area contributed by atoms with Gasteiger partial charge in [0, 0.05) is 18.8 Å². The largest absolute Gasteiger partial charge is 0.469 e. The maximum absolute atomic E-state index is 12.2. The van der Waals surface area contributed by atoms with Gasteiger partial charge in [-0.1, -0.05) is 6.92 Å². The van der Waals surface area contributed by atoms with Crippen LogP contribution in [-0.4, -0.2) is 44.4 Å². The molecule has 3 heterocycles. The Kier molecular flexibility index (Phi) is 4.96. The number of ether oxygens (including phenoxy) is 2. The van der Waals surface area contributed by atoms with Crippen molar-refractivity contribution in [3.8, 4) is 5.88 Å². The number of rotatable bonds is 7. The lowest BCUT2D eigenvalue weighted by Gasteiger charge is -2.11. The molecule has 0 amide bonds. The topological polar surface area (TPSA) is 107 Å². The first-order chi connectivity index (χ1) is 12.5. The van der Waals surface area contributed by atoms with Crippen LogP contribution in [0.2, 0.25) is 0 Å². The van der Waals surface area contributed by atoms with Crippen LogP contribution in [0.1, 0.15) is 6.92 Å². The normalized spacial score (nSPS) is 12.3. The summed E-state index contributed by atoms with van der Waals surface area (Å²) < 4.78 is 35.1. The van der Waals surface area contributed by atoms with Crippen molar-refractivity contribution in [2.45, 2.75) is 20.1 Å². The van der Waals surface area contributed by atoms with Crippen LogP contribution in [0.15, 0.2) is 24.5 Å². The molecule has 0 saturated carbocycles. The number of aromatic amines is 1. The number of esters is 1. The van der Waals surface area contributed by atoms with E-state index < -0.39 is 6.61 Å². The van der Waals surface area contributed by atoms with Crippen LogP contribution < -0.4 is 10.1 Å². The summed E-state index contributed by atoms with van der Waals surface area (Å²) in [6.45, 7) is -0.815. The zero-order chi connectivity index (χ0) is 18.7. The van der Waals surface area contributed by atoms with E-state index in [1.54, 1.807) is 23.8 Å². The summed E-state index contributed by atoms with van der Waals surface area (Å²) in [7, 11) is 1.34. The molecule has 0 unspecified atom stereocenters. The van der Waals surface area contributed by atoms with Gasteiger partial charge in [0.15, 0.2) is 17.3 Å². The smallest absolute Gasteiger partial charge is 0.388 e. The van der Waals surface area contributed by atoms with Crippen molar-refractivity contribution in [3.05, 3.63) is 24.5 Å². The monoisotopic (exact) mass is 366 g/mol. The van der Waals surface area contributed by atoms with E-state index in [1.165, 1.54) is 19.4 Å². The number of H-pyrrole nitrogens is 1. The summed E-state index contributed by atoms with van der Waals surface area (Å²) in [5.41, 5.74) is 1.21. The van der Waals surface area contributed by atoms with Crippen LogP contribution in [0.4, 0.5) is 20.4 Å². The average Bonchev–Trinajstić information content (AvgIpc) is 3.20. The second kappa shape index (κ2) is 7.33. The Morgan fingerprint density at radius 2 is 2.23 bits per heavy atom. The van der Waals surface area contributed by atoms with Crippen molar-refractivity contribution in [3.63, 3.8) is 0 Å². The molecule has 0 aliphatic carbocycles. The number of aromatic nitrogens is 5. The van der Waals surface area contributed by atoms with Crippen LogP contribution in [0.3, 0.4) is 0 Å². The molecule has 1 atom stereocenters. The van der Waals surface area contributed by atoms with Crippen LogP contribution in [0, 0.1) is 5.92 Å². The molecule has 138 valence electrons. The number of hydrogen-bond acceptors (Lipinski definition) is 7. The number of carbonyl (C=O) groups excluding carboxylic acids is 1. The maximum Gasteiger partial charge on any atom is 0.388 e. The van der Waals surface area contributed by atoms with E-state index in [-0.39, 0.29) is 23.6 Å². The molecule has 0 saturated heterocycles. The van der Waals surface area contributed by atoms with Gasteiger partial charge in [0.05, 0.1) is 19.2 Å². The molecule has 3 aromatic heterocycles. The van der Waals surface area contributed by atoms with Gasteiger partial charge in [0.2, 0.25) is 5.88 Å². The van der Waals surface area contributed by atoms with E-state index in [4.69, 9.17) is 4.74 Å². The minimum atomic E-state index is -2.94. The highest BCUT2D eigenvalue weighted by atomic mass is 19.3. The fraction of sp³-hybridized carbons (Fsp3) is 0.333. The highest BCUT2D eigenvalue weighted by molar-refractivity contribution is 5.75. The number of methoxy groups -OCH3 is 1. The first-order valence-electron chi connectivity index (χ1n) is 7.63. The molecule has 0 aliphatic heterocycles. The first kappa shape index (κ1) is 17.6. The summed E-state index contributed by atoms with van der Waals surface area (Å²) in [6.07, 6.45) is 3.26. The second-order valence-electron chi connectivity index (χ2n) is 5.48. The van der Waals surface area contributed by atoms with Crippen molar-refractivity contribution >= 4 is 28.8 Å². The van der Waals surface area contributed by atoms with Crippen molar-refractivity contribution in [1.82, 2.24) is 24.7 Å². The van der Waals surface area contributed by atoms with E-state index in [2.05, 4.69) is 30.2 Å². The zero-order valence-corrected chi connectivity index (χ0v) is 13.9. The van der Waals surface area contributed by atoms with Crippen molar-refractivity contribution in [2.75, 3.05) is 12.4 Å². The van der Waals surface area contributed by atoms with Gasteiger partial charge in [-0.15, -0.1) is 0 Å². The number of nitrogens with zero attached hydrogens (tertiary/aromatic N) is 4. The predicted octanol–water partition coefficient (Wildman–Crippen LogP) is 2.31. The lowest BCUT2D eigenvalue weighted by molar-refractivity contribution is -0.145. The third-order valence-corrected chi connectivity index (χ3v) is 3.57. The van der Waals surface area contributed by atoms with Crippen LogP contribution in [0.5, 0.6) is 5.88 Å². The fourth-order valence-corrected chi connectivity index (χ4v) is 2.38. The summed E-state index contributed by atoms with van der Waals surface area (Å²) in [5, 5.41) is 8.98. The van der Waals surface area contributed by atoms with Crippen LogP contribution >= 0.6 is 0 Å². The average molecular weight is 366 g/mol. The van der Waals surface area contributed by atoms with Gasteiger partial charge in [-0.25, -0.2) is 15.1 Å². The van der Waals surface area contributed by atoms with Crippen molar-refractivity contribution in [1.29, 1.82) is 0 Å². The highest BCUT2D eigenvalue weighted by Crippen LogP contribution is 2.20. The second-order valence-corrected chi connectivity index (χ2v) is 5.48. The Hall–Kier alpha value is -3.24. The number of alkyl halides is 2. The van der Waals surface area contributed by atoms with Gasteiger partial charge in [-0.2, -0.15) is 13.9 Å². The molecular weight excluding hydrogens is 350 g/mol. The van der Waals surface area contributed by atoms with Gasteiger partial charge < -0.3 is 19.4 Å². The van der Waals surface area contributed by atoms with Crippen molar-refractivity contribution in [2.24, 2.45) is 5.92 Å². The van der Waals surface area contributed by atoms with Gasteiger partial charge in [0.1, 0.15) is 5.52 Å². The summed E-state index contributed by atoms with van der Waals surface area (Å²) >= 11 is 0. The van der Waals surface area contributed by atoms with Gasteiger partial charge >= 0.3 is 12.6 Å². The predicted molar refractivity (Wildman–Crippen MR) is 87.2 cm³/mol. The molecule has 3 aromatic rings. The van der Waals surface area contributed by atoms with Crippen LogP contribution in [-0.2, 0) is 16.1 Å². The fourth-order valence-electron chi connectivity index (χ4n) is 2.38. The van der Waals surface area contributed by atoms with Gasteiger partial charge in [0.25, 0.3) is 0 Å². The molecule has 0 bridgehead atoms. The number of carbonyl (C=O) groups is 1. The number of nitrogens with one attached hydrogen (secondary N) is 2. The highest BCUT2D eigenvalue weighted by Gasteiger charge is 2.16. The lowest BCUT2D eigenvalue weighted by Crippen LogP contribution is -2.18. The summed E-state index contributed by atoms with van der Waals surface area (Å²) in [4.78, 5) is 20.3. The Balaban J connectivity index is 1.78. The number of anilines is 2. The molecule has 3 rings (SSSR count). The molecule has 0 fully saturated rings. The number of hydrogen-bond donors (Lipinski definition) is 2. The third-order valence-electron chi connectivity index (χ3n) is 3.57. The molecule has 2 N–H and O–H groups in total. The number of halogens is 2. The van der Waals surface area contributed by atoms with Crippen LogP contribution in [0.25, 0.3) is 11.2 Å². The van der Waals surface area contributed by atoms with Crippen molar-refractivity contribution < 1.29 is 23.0 Å². The summed E-state index contributed by atoms with van der Waals surface area (Å²) in [5.74, 6) is -0.244. The number of fused-ring (bicyclic) bond motifs is 1. The standard InChI is InChI=1S/C15H16F2N6O3/c1-8(14(24)25-2)7-23-4-3-9-13(23)20-11(6-18-9)19-10-5-12(22-21-10)26-15(16)17/h3-6,8,15H,7H2,1-2H3,(H2,19,20,21,22)/t8-/m1/s1. The molecule has 11 heteroatoms. The first-order valence-corrected chi connectivity index (χ1v) is 7.63. The molecule has 26 heavy (non-hydrogen) atoms. The minimum absolute atomic E-state index is 0.174. The molecule has 0 aliphatic rings. The SMILES string of the molecule is COC(=O)[C@H](C)Cn1ccc2ncc(Nc3cc(OC(F)F)[nH]n3)nc21. The van der Waals surface area contributed by atoms with E-state index in [1.807, 2.05) is 0 Å². The molecule has 0 spiro atoms. The molecule has 0 aromatic carbocycles.